The lowest BCUT2D eigenvalue weighted by atomic mass is 9.77. The fraction of sp³-hybridized carbons (Fsp3) is 0.632. The molecule has 1 saturated carbocycles. The molecule has 2 nitrogen and oxygen atoms in total. The summed E-state index contributed by atoms with van der Waals surface area (Å²) >= 11 is 0. The summed E-state index contributed by atoms with van der Waals surface area (Å²) in [5.74, 6) is 2.08. The molecule has 1 aromatic carbocycles. The lowest BCUT2D eigenvalue weighted by Gasteiger charge is -2.28. The maximum absolute atomic E-state index is 12.8. The molecule has 0 aliphatic heterocycles. The number of ether oxygens (including phenoxy) is 1. The Balaban J connectivity index is 2.13. The number of Topliss-reactive ketones (excluding diaryl/α,β-unsaturated/α-hetero) is 1. The highest BCUT2D eigenvalue weighted by Gasteiger charge is 2.28. The predicted octanol–water partition coefficient (Wildman–Crippen LogP) is 5.10. The second kappa shape index (κ2) is 7.11. The van der Waals surface area contributed by atoms with E-state index in [1.54, 1.807) is 7.11 Å². The second-order valence-corrected chi connectivity index (χ2v) is 6.46. The summed E-state index contributed by atoms with van der Waals surface area (Å²) in [5, 5.41) is 0. The van der Waals surface area contributed by atoms with E-state index in [1.807, 2.05) is 19.1 Å². The molecule has 0 spiro atoms. The van der Waals surface area contributed by atoms with Gasteiger partial charge in [0.25, 0.3) is 0 Å². The largest absolute Gasteiger partial charge is 0.496 e. The number of benzene rings is 1. The zero-order valence-corrected chi connectivity index (χ0v) is 13.9. The fourth-order valence-corrected chi connectivity index (χ4v) is 3.59. The summed E-state index contributed by atoms with van der Waals surface area (Å²) in [5.41, 5.74) is 3.04. The van der Waals surface area contributed by atoms with Crippen LogP contribution >= 0.6 is 0 Å². The molecule has 1 fully saturated rings. The van der Waals surface area contributed by atoms with Crippen molar-refractivity contribution in [1.29, 1.82) is 0 Å². The molecule has 116 valence electrons. The van der Waals surface area contributed by atoms with Gasteiger partial charge in [-0.25, -0.2) is 0 Å². The Morgan fingerprint density at radius 1 is 1.19 bits per heavy atom. The summed E-state index contributed by atoms with van der Waals surface area (Å²) in [6.07, 6.45) is 7.07. The topological polar surface area (TPSA) is 26.3 Å². The highest BCUT2D eigenvalue weighted by molar-refractivity contribution is 6.00. The monoisotopic (exact) mass is 288 g/mol. The Morgan fingerprint density at radius 3 is 2.43 bits per heavy atom. The Kier molecular flexibility index (Phi) is 5.44. The molecule has 0 bridgehead atoms. The van der Waals surface area contributed by atoms with Gasteiger partial charge in [-0.15, -0.1) is 0 Å². The number of hydrogen-bond acceptors (Lipinski definition) is 2. The molecule has 0 heterocycles. The van der Waals surface area contributed by atoms with Crippen molar-refractivity contribution in [3.8, 4) is 5.75 Å². The molecule has 0 atom stereocenters. The van der Waals surface area contributed by atoms with Crippen molar-refractivity contribution in [3.05, 3.63) is 28.8 Å². The van der Waals surface area contributed by atoms with Crippen LogP contribution in [-0.4, -0.2) is 12.9 Å². The first-order valence-electron chi connectivity index (χ1n) is 8.26. The van der Waals surface area contributed by atoms with Crippen molar-refractivity contribution in [1.82, 2.24) is 0 Å². The molecule has 2 rings (SSSR count). The normalized spacial score (nSPS) is 22.1. The zero-order valence-electron chi connectivity index (χ0n) is 13.9. The number of carbonyl (C=O) groups is 1. The summed E-state index contributed by atoms with van der Waals surface area (Å²) in [4.78, 5) is 12.8. The van der Waals surface area contributed by atoms with Crippen molar-refractivity contribution in [3.63, 3.8) is 0 Å². The maximum Gasteiger partial charge on any atom is 0.169 e. The van der Waals surface area contributed by atoms with Crippen LogP contribution < -0.4 is 4.74 Å². The van der Waals surface area contributed by atoms with Crippen LogP contribution in [0.2, 0.25) is 0 Å². The quantitative estimate of drug-likeness (QED) is 0.704. The molecule has 1 aromatic rings. The lowest BCUT2D eigenvalue weighted by Crippen LogP contribution is -2.22. The minimum Gasteiger partial charge on any atom is -0.496 e. The van der Waals surface area contributed by atoms with Crippen LogP contribution in [0.3, 0.4) is 0 Å². The van der Waals surface area contributed by atoms with Crippen LogP contribution in [0.4, 0.5) is 0 Å². The lowest BCUT2D eigenvalue weighted by molar-refractivity contribution is 0.0866. The summed E-state index contributed by atoms with van der Waals surface area (Å²) in [6, 6.07) is 3.98. The van der Waals surface area contributed by atoms with Crippen LogP contribution in [0.15, 0.2) is 12.1 Å². The average molecular weight is 288 g/mol. The summed E-state index contributed by atoms with van der Waals surface area (Å²) in [7, 11) is 1.66. The Bertz CT molecular complexity index is 497. The number of ketones is 1. The summed E-state index contributed by atoms with van der Waals surface area (Å²) in [6.45, 7) is 6.34. The molecule has 0 radical (unpaired) electrons. The second-order valence-electron chi connectivity index (χ2n) is 6.46. The molecule has 0 aromatic heterocycles. The van der Waals surface area contributed by atoms with Gasteiger partial charge < -0.3 is 4.74 Å². The summed E-state index contributed by atoms with van der Waals surface area (Å²) < 4.78 is 5.51. The van der Waals surface area contributed by atoms with Gasteiger partial charge in [-0.1, -0.05) is 25.8 Å². The fourth-order valence-electron chi connectivity index (χ4n) is 3.59. The van der Waals surface area contributed by atoms with Crippen molar-refractivity contribution < 1.29 is 9.53 Å². The van der Waals surface area contributed by atoms with Crippen molar-refractivity contribution in [2.24, 2.45) is 11.8 Å². The van der Waals surface area contributed by atoms with E-state index in [1.165, 1.54) is 31.2 Å². The molecule has 1 aliphatic carbocycles. The van der Waals surface area contributed by atoms with Gasteiger partial charge in [0.05, 0.1) is 12.7 Å². The van der Waals surface area contributed by atoms with Gasteiger partial charge >= 0.3 is 0 Å². The first-order chi connectivity index (χ1) is 10.1. The minimum atomic E-state index is 0.189. The van der Waals surface area contributed by atoms with Crippen molar-refractivity contribution in [2.45, 2.75) is 59.3 Å². The van der Waals surface area contributed by atoms with E-state index in [2.05, 4.69) is 13.8 Å². The first-order valence-corrected chi connectivity index (χ1v) is 8.26. The van der Waals surface area contributed by atoms with E-state index in [0.717, 1.165) is 35.6 Å². The van der Waals surface area contributed by atoms with Crippen LogP contribution in [0.5, 0.6) is 5.75 Å². The van der Waals surface area contributed by atoms with Gasteiger partial charge in [0.1, 0.15) is 5.75 Å². The number of carbonyl (C=O) groups excluding carboxylic acids is 1. The van der Waals surface area contributed by atoms with Crippen molar-refractivity contribution in [2.75, 3.05) is 7.11 Å². The van der Waals surface area contributed by atoms with E-state index in [4.69, 9.17) is 4.74 Å². The molecule has 21 heavy (non-hydrogen) atoms. The number of rotatable bonds is 5. The van der Waals surface area contributed by atoms with Crippen LogP contribution in [-0.2, 0) is 0 Å². The molecule has 1 aliphatic rings. The molecular formula is C19H28O2. The third kappa shape index (κ3) is 3.48. The third-order valence-corrected chi connectivity index (χ3v) is 5.06. The Labute approximate surface area is 128 Å². The van der Waals surface area contributed by atoms with E-state index in [0.29, 0.717) is 0 Å². The highest BCUT2D eigenvalue weighted by Crippen LogP contribution is 2.36. The van der Waals surface area contributed by atoms with Crippen LogP contribution in [0.1, 0.15) is 66.9 Å². The van der Waals surface area contributed by atoms with Gasteiger partial charge in [0, 0.05) is 5.92 Å². The first kappa shape index (κ1) is 16.1. The van der Waals surface area contributed by atoms with Crippen LogP contribution in [0.25, 0.3) is 0 Å². The van der Waals surface area contributed by atoms with E-state index >= 15 is 0 Å². The van der Waals surface area contributed by atoms with Gasteiger partial charge in [-0.2, -0.15) is 0 Å². The molecular weight excluding hydrogens is 260 g/mol. The number of methoxy groups -OCH3 is 1. The standard InChI is InChI=1S/C19H28O2/c1-5-6-15-8-10-16(11-9-15)18(20)17-12-7-13(2)14(3)19(17)21-4/h7,12,15-16H,5-6,8-11H2,1-4H3. The molecule has 0 saturated heterocycles. The number of aryl methyl sites for hydroxylation is 1. The van der Waals surface area contributed by atoms with E-state index in [9.17, 15) is 4.79 Å². The molecule has 0 unspecified atom stereocenters. The van der Waals surface area contributed by atoms with Gasteiger partial charge in [-0.05, 0) is 62.6 Å². The van der Waals surface area contributed by atoms with Gasteiger partial charge in [0.2, 0.25) is 0 Å². The average Bonchev–Trinajstić information content (AvgIpc) is 2.50. The molecule has 0 N–H and O–H groups in total. The Morgan fingerprint density at radius 2 is 1.86 bits per heavy atom. The predicted molar refractivity (Wildman–Crippen MR) is 87.2 cm³/mol. The molecule has 2 heteroatoms. The van der Waals surface area contributed by atoms with E-state index in [-0.39, 0.29) is 11.7 Å². The van der Waals surface area contributed by atoms with Crippen LogP contribution in [0, 0.1) is 25.7 Å². The zero-order chi connectivity index (χ0) is 15.4. The maximum atomic E-state index is 12.8. The Hall–Kier alpha value is -1.31. The smallest absolute Gasteiger partial charge is 0.169 e. The number of hydrogen-bond donors (Lipinski definition) is 0. The minimum absolute atomic E-state index is 0.189. The highest BCUT2D eigenvalue weighted by atomic mass is 16.5. The van der Waals surface area contributed by atoms with Gasteiger partial charge in [-0.3, -0.25) is 4.79 Å². The van der Waals surface area contributed by atoms with Crippen molar-refractivity contribution >= 4 is 5.78 Å². The SMILES string of the molecule is CCCC1CCC(C(=O)c2ccc(C)c(C)c2OC)CC1. The molecule has 0 amide bonds. The third-order valence-electron chi connectivity index (χ3n) is 5.06. The van der Waals surface area contributed by atoms with Gasteiger partial charge in [0.15, 0.2) is 5.78 Å². The van der Waals surface area contributed by atoms with E-state index < -0.39 is 0 Å².